The second kappa shape index (κ2) is 4.46. The molecule has 94 valence electrons. The molecule has 0 spiro atoms. The number of aromatic nitrogens is 1. The number of fused-ring (bicyclic) bond motifs is 1. The molecule has 4 heteroatoms. The van der Waals surface area contributed by atoms with Crippen molar-refractivity contribution in [2.45, 2.75) is 18.9 Å². The van der Waals surface area contributed by atoms with Gasteiger partial charge in [0.1, 0.15) is 0 Å². The zero-order valence-electron chi connectivity index (χ0n) is 10.1. The number of nitrogens with one attached hydrogen (secondary N) is 1. The zero-order valence-corrected chi connectivity index (χ0v) is 10.1. The highest BCUT2D eigenvalue weighted by Crippen LogP contribution is 2.24. The Bertz CT molecular complexity index is 576. The third-order valence-corrected chi connectivity index (χ3v) is 3.67. The SMILES string of the molecule is O=C(c1cccc2[nH]ccc12)N1CCC[C@@H]1CO. The fourth-order valence-corrected chi connectivity index (χ4v) is 2.72. The maximum atomic E-state index is 12.5. The van der Waals surface area contributed by atoms with Crippen LogP contribution in [0.3, 0.4) is 0 Å². The van der Waals surface area contributed by atoms with Crippen molar-refractivity contribution in [2.75, 3.05) is 13.2 Å². The van der Waals surface area contributed by atoms with Crippen molar-refractivity contribution >= 4 is 16.8 Å². The van der Waals surface area contributed by atoms with E-state index in [0.29, 0.717) is 5.56 Å². The van der Waals surface area contributed by atoms with Crippen LogP contribution in [0.4, 0.5) is 0 Å². The van der Waals surface area contributed by atoms with Gasteiger partial charge in [0.05, 0.1) is 12.6 Å². The van der Waals surface area contributed by atoms with Crippen LogP contribution in [-0.2, 0) is 0 Å². The van der Waals surface area contributed by atoms with Crippen LogP contribution in [-0.4, -0.2) is 40.1 Å². The van der Waals surface area contributed by atoms with Gasteiger partial charge < -0.3 is 15.0 Å². The van der Waals surface area contributed by atoms with Crippen molar-refractivity contribution in [2.24, 2.45) is 0 Å². The van der Waals surface area contributed by atoms with E-state index in [-0.39, 0.29) is 18.6 Å². The molecular weight excluding hydrogens is 228 g/mol. The molecule has 18 heavy (non-hydrogen) atoms. The lowest BCUT2D eigenvalue weighted by atomic mass is 10.1. The third kappa shape index (κ3) is 1.69. The molecule has 2 heterocycles. The molecule has 0 unspecified atom stereocenters. The predicted octanol–water partition coefficient (Wildman–Crippen LogP) is 1.76. The van der Waals surface area contributed by atoms with Crippen molar-refractivity contribution < 1.29 is 9.90 Å². The number of aliphatic hydroxyl groups excluding tert-OH is 1. The lowest BCUT2D eigenvalue weighted by Crippen LogP contribution is -2.37. The summed E-state index contributed by atoms with van der Waals surface area (Å²) in [7, 11) is 0. The maximum Gasteiger partial charge on any atom is 0.254 e. The van der Waals surface area contributed by atoms with Crippen LogP contribution in [0.5, 0.6) is 0 Å². The number of carbonyl (C=O) groups is 1. The molecule has 4 nitrogen and oxygen atoms in total. The van der Waals surface area contributed by atoms with Gasteiger partial charge in [-0.2, -0.15) is 0 Å². The fourth-order valence-electron chi connectivity index (χ4n) is 2.72. The van der Waals surface area contributed by atoms with E-state index in [1.807, 2.05) is 30.5 Å². The Kier molecular flexibility index (Phi) is 2.80. The van der Waals surface area contributed by atoms with Crippen LogP contribution < -0.4 is 0 Å². The Hall–Kier alpha value is -1.81. The summed E-state index contributed by atoms with van der Waals surface area (Å²) in [5.41, 5.74) is 1.69. The van der Waals surface area contributed by atoms with Crippen molar-refractivity contribution in [3.05, 3.63) is 36.0 Å². The van der Waals surface area contributed by atoms with Gasteiger partial charge in [-0.05, 0) is 31.0 Å². The van der Waals surface area contributed by atoms with Gasteiger partial charge in [-0.1, -0.05) is 6.07 Å². The quantitative estimate of drug-likeness (QED) is 0.845. The van der Waals surface area contributed by atoms with Crippen LogP contribution in [0.2, 0.25) is 0 Å². The van der Waals surface area contributed by atoms with E-state index in [2.05, 4.69) is 4.98 Å². The molecule has 1 aromatic carbocycles. The minimum absolute atomic E-state index is 0.0216. The van der Waals surface area contributed by atoms with Crippen LogP contribution >= 0.6 is 0 Å². The first kappa shape index (κ1) is 11.3. The summed E-state index contributed by atoms with van der Waals surface area (Å²) >= 11 is 0. The molecule has 0 radical (unpaired) electrons. The van der Waals surface area contributed by atoms with Gasteiger partial charge in [-0.25, -0.2) is 0 Å². The topological polar surface area (TPSA) is 56.3 Å². The van der Waals surface area contributed by atoms with Crippen molar-refractivity contribution in [3.63, 3.8) is 0 Å². The number of benzene rings is 1. The predicted molar refractivity (Wildman–Crippen MR) is 69.4 cm³/mol. The van der Waals surface area contributed by atoms with Gasteiger partial charge in [0.25, 0.3) is 5.91 Å². The van der Waals surface area contributed by atoms with E-state index in [9.17, 15) is 9.90 Å². The molecule has 1 atom stereocenters. The number of likely N-dealkylation sites (tertiary alicyclic amines) is 1. The molecule has 2 aromatic rings. The third-order valence-electron chi connectivity index (χ3n) is 3.67. The Morgan fingerprint density at radius 3 is 3.17 bits per heavy atom. The fraction of sp³-hybridized carbons (Fsp3) is 0.357. The minimum Gasteiger partial charge on any atom is -0.394 e. The molecule has 3 rings (SSSR count). The van der Waals surface area contributed by atoms with Gasteiger partial charge in [-0.15, -0.1) is 0 Å². The minimum atomic E-state index is -0.0216. The van der Waals surface area contributed by atoms with E-state index in [0.717, 1.165) is 30.3 Å². The molecule has 1 saturated heterocycles. The highest BCUT2D eigenvalue weighted by Gasteiger charge is 2.29. The van der Waals surface area contributed by atoms with Crippen molar-refractivity contribution in [1.82, 2.24) is 9.88 Å². The lowest BCUT2D eigenvalue weighted by Gasteiger charge is -2.23. The molecule has 0 saturated carbocycles. The van der Waals surface area contributed by atoms with E-state index >= 15 is 0 Å². The molecule has 1 aliphatic heterocycles. The monoisotopic (exact) mass is 244 g/mol. The Morgan fingerprint density at radius 2 is 2.33 bits per heavy atom. The molecular formula is C14H16N2O2. The van der Waals surface area contributed by atoms with E-state index < -0.39 is 0 Å². The van der Waals surface area contributed by atoms with Gasteiger partial charge in [0.15, 0.2) is 0 Å². The molecule has 0 bridgehead atoms. The summed E-state index contributed by atoms with van der Waals surface area (Å²) in [5.74, 6) is 0.0248. The van der Waals surface area contributed by atoms with E-state index in [1.165, 1.54) is 0 Å². The Labute approximate surface area is 105 Å². The van der Waals surface area contributed by atoms with Crippen LogP contribution in [0.25, 0.3) is 10.9 Å². The second-order valence-electron chi connectivity index (χ2n) is 4.72. The van der Waals surface area contributed by atoms with Gasteiger partial charge in [0.2, 0.25) is 0 Å². The molecule has 1 amide bonds. The number of rotatable bonds is 2. The number of H-pyrrole nitrogens is 1. The number of hydrogen-bond acceptors (Lipinski definition) is 2. The number of aliphatic hydroxyl groups is 1. The number of carbonyl (C=O) groups excluding carboxylic acids is 1. The molecule has 1 aliphatic rings. The van der Waals surface area contributed by atoms with Gasteiger partial charge >= 0.3 is 0 Å². The lowest BCUT2D eigenvalue weighted by molar-refractivity contribution is 0.0679. The van der Waals surface area contributed by atoms with Crippen LogP contribution in [0.1, 0.15) is 23.2 Å². The smallest absolute Gasteiger partial charge is 0.254 e. The largest absolute Gasteiger partial charge is 0.394 e. The van der Waals surface area contributed by atoms with Crippen molar-refractivity contribution in [3.8, 4) is 0 Å². The normalized spacial score (nSPS) is 19.6. The summed E-state index contributed by atoms with van der Waals surface area (Å²) in [6.07, 6.45) is 3.71. The van der Waals surface area contributed by atoms with Crippen LogP contribution in [0, 0.1) is 0 Å². The molecule has 1 fully saturated rings. The Morgan fingerprint density at radius 1 is 1.44 bits per heavy atom. The highest BCUT2D eigenvalue weighted by atomic mass is 16.3. The van der Waals surface area contributed by atoms with Crippen LogP contribution in [0.15, 0.2) is 30.5 Å². The maximum absolute atomic E-state index is 12.5. The summed E-state index contributed by atoms with van der Waals surface area (Å²) < 4.78 is 0. The zero-order chi connectivity index (χ0) is 12.5. The molecule has 0 aliphatic carbocycles. The molecule has 1 aromatic heterocycles. The van der Waals surface area contributed by atoms with E-state index in [1.54, 1.807) is 4.90 Å². The first-order valence-corrected chi connectivity index (χ1v) is 6.29. The summed E-state index contributed by atoms with van der Waals surface area (Å²) in [4.78, 5) is 17.4. The van der Waals surface area contributed by atoms with Gasteiger partial charge in [0, 0.05) is 29.2 Å². The number of aromatic amines is 1. The summed E-state index contributed by atoms with van der Waals surface area (Å²) in [5, 5.41) is 10.3. The summed E-state index contributed by atoms with van der Waals surface area (Å²) in [6.45, 7) is 0.791. The Balaban J connectivity index is 1.99. The number of amides is 1. The number of hydrogen-bond donors (Lipinski definition) is 2. The first-order chi connectivity index (χ1) is 8.81. The first-order valence-electron chi connectivity index (χ1n) is 6.29. The van der Waals surface area contributed by atoms with Crippen molar-refractivity contribution in [1.29, 1.82) is 0 Å². The standard InChI is InChI=1S/C14H16N2O2/c17-9-10-3-2-8-16(10)14(18)12-4-1-5-13-11(12)6-7-15-13/h1,4-7,10,15,17H,2-3,8-9H2/t10-/m1/s1. The highest BCUT2D eigenvalue weighted by molar-refractivity contribution is 6.06. The van der Waals surface area contributed by atoms with E-state index in [4.69, 9.17) is 0 Å². The average molecular weight is 244 g/mol. The second-order valence-corrected chi connectivity index (χ2v) is 4.72. The summed E-state index contributed by atoms with van der Waals surface area (Å²) in [6, 6.07) is 7.60. The average Bonchev–Trinajstić information content (AvgIpc) is 3.05. The van der Waals surface area contributed by atoms with Gasteiger partial charge in [-0.3, -0.25) is 4.79 Å². The number of nitrogens with zero attached hydrogens (tertiary/aromatic N) is 1. The molecule has 2 N–H and O–H groups in total.